The van der Waals surface area contributed by atoms with Crippen molar-refractivity contribution < 1.29 is 9.53 Å². The second kappa shape index (κ2) is 9.01. The van der Waals surface area contributed by atoms with E-state index in [9.17, 15) is 4.79 Å². The van der Waals surface area contributed by atoms with Crippen molar-refractivity contribution in [2.45, 2.75) is 32.9 Å². The van der Waals surface area contributed by atoms with Gasteiger partial charge in [-0.1, -0.05) is 17.2 Å². The predicted octanol–water partition coefficient (Wildman–Crippen LogP) is 2.41. The first-order valence-electron chi connectivity index (χ1n) is 7.89. The number of ether oxygens (including phenoxy) is 1. The number of amides is 1. The van der Waals surface area contributed by atoms with Crippen molar-refractivity contribution in [2.24, 2.45) is 0 Å². The highest BCUT2D eigenvalue weighted by atomic mass is 35.5. The van der Waals surface area contributed by atoms with Crippen LogP contribution in [0, 0.1) is 0 Å². The van der Waals surface area contributed by atoms with Crippen LogP contribution in [0.15, 0.2) is 30.1 Å². The van der Waals surface area contributed by atoms with Crippen LogP contribution < -0.4 is 5.32 Å². The van der Waals surface area contributed by atoms with Crippen LogP contribution >= 0.6 is 11.6 Å². The van der Waals surface area contributed by atoms with Gasteiger partial charge in [0.25, 0.3) is 0 Å². The van der Waals surface area contributed by atoms with Gasteiger partial charge >= 0.3 is 0 Å². The van der Waals surface area contributed by atoms with Gasteiger partial charge in [0.2, 0.25) is 5.91 Å². The molecule has 0 aromatic carbocycles. The fraction of sp³-hybridized carbons (Fsp3) is 0.529. The first-order chi connectivity index (χ1) is 11.0. The van der Waals surface area contributed by atoms with Crippen LogP contribution in [0.2, 0.25) is 5.02 Å². The highest BCUT2D eigenvalue weighted by Crippen LogP contribution is 2.18. The maximum Gasteiger partial charge on any atom is 0.243 e. The Bertz CT molecular complexity index is 559. The monoisotopic (exact) mass is 337 g/mol. The summed E-state index contributed by atoms with van der Waals surface area (Å²) in [6.45, 7) is 7.67. The molecule has 1 amide bonds. The molecular weight excluding hydrogens is 314 g/mol. The van der Waals surface area contributed by atoms with Gasteiger partial charge in [-0.25, -0.2) is 0 Å². The lowest BCUT2D eigenvalue weighted by Crippen LogP contribution is -2.43. The van der Waals surface area contributed by atoms with Gasteiger partial charge in [0.15, 0.2) is 0 Å². The Kier molecular flexibility index (Phi) is 7.02. The number of halogens is 1. The maximum absolute atomic E-state index is 11.6. The van der Waals surface area contributed by atoms with E-state index >= 15 is 0 Å². The molecule has 1 aliphatic rings. The molecule has 0 spiro atoms. The van der Waals surface area contributed by atoms with E-state index in [1.54, 1.807) is 18.5 Å². The third kappa shape index (κ3) is 6.29. The van der Waals surface area contributed by atoms with E-state index in [4.69, 9.17) is 16.3 Å². The third-order valence-corrected chi connectivity index (χ3v) is 4.00. The largest absolute Gasteiger partial charge is 0.375 e. The fourth-order valence-corrected chi connectivity index (χ4v) is 2.72. The SMILES string of the molecule is CC(C)=CC(=O)NCC[C@@H]1CN(Cc2ccncc2Cl)CCO1. The Morgan fingerprint density at radius 3 is 3.13 bits per heavy atom. The molecule has 1 fully saturated rings. The van der Waals surface area contributed by atoms with Crippen molar-refractivity contribution in [1.29, 1.82) is 0 Å². The molecule has 1 N–H and O–H groups in total. The summed E-state index contributed by atoms with van der Waals surface area (Å²) in [7, 11) is 0. The Hall–Kier alpha value is -1.43. The van der Waals surface area contributed by atoms with Crippen molar-refractivity contribution in [3.05, 3.63) is 40.7 Å². The minimum Gasteiger partial charge on any atom is -0.375 e. The van der Waals surface area contributed by atoms with Gasteiger partial charge < -0.3 is 10.1 Å². The number of carbonyl (C=O) groups excluding carboxylic acids is 1. The summed E-state index contributed by atoms with van der Waals surface area (Å²) in [6, 6.07) is 1.95. The van der Waals surface area contributed by atoms with E-state index in [2.05, 4.69) is 15.2 Å². The summed E-state index contributed by atoms with van der Waals surface area (Å²) >= 11 is 6.17. The van der Waals surface area contributed by atoms with E-state index < -0.39 is 0 Å². The molecule has 2 rings (SSSR count). The lowest BCUT2D eigenvalue weighted by Gasteiger charge is -2.33. The zero-order valence-corrected chi connectivity index (χ0v) is 14.5. The molecule has 1 saturated heterocycles. The number of nitrogens with one attached hydrogen (secondary N) is 1. The average molecular weight is 338 g/mol. The summed E-state index contributed by atoms with van der Waals surface area (Å²) in [6.07, 6.45) is 5.99. The van der Waals surface area contributed by atoms with Crippen LogP contribution in [-0.2, 0) is 16.1 Å². The predicted molar refractivity (Wildman–Crippen MR) is 91.3 cm³/mol. The number of hydrogen-bond acceptors (Lipinski definition) is 4. The number of morpholine rings is 1. The lowest BCUT2D eigenvalue weighted by atomic mass is 10.1. The number of carbonyl (C=O) groups is 1. The average Bonchev–Trinajstić information content (AvgIpc) is 2.49. The van der Waals surface area contributed by atoms with Crippen LogP contribution in [-0.4, -0.2) is 48.1 Å². The van der Waals surface area contributed by atoms with Crippen LogP contribution in [0.25, 0.3) is 0 Å². The number of rotatable bonds is 6. The Morgan fingerprint density at radius 1 is 1.57 bits per heavy atom. The minimum absolute atomic E-state index is 0.0405. The maximum atomic E-state index is 11.6. The van der Waals surface area contributed by atoms with Gasteiger partial charge in [-0.3, -0.25) is 14.7 Å². The zero-order valence-electron chi connectivity index (χ0n) is 13.7. The topological polar surface area (TPSA) is 54.5 Å². The summed E-state index contributed by atoms with van der Waals surface area (Å²) in [5, 5.41) is 3.59. The summed E-state index contributed by atoms with van der Waals surface area (Å²) < 4.78 is 5.79. The lowest BCUT2D eigenvalue weighted by molar-refractivity contribution is -0.116. The number of aromatic nitrogens is 1. The molecule has 6 heteroatoms. The molecule has 5 nitrogen and oxygen atoms in total. The minimum atomic E-state index is -0.0405. The van der Waals surface area contributed by atoms with Crippen LogP contribution in [0.3, 0.4) is 0 Å². The van der Waals surface area contributed by atoms with Crippen molar-refractivity contribution in [3.63, 3.8) is 0 Å². The van der Waals surface area contributed by atoms with Gasteiger partial charge in [-0.2, -0.15) is 0 Å². The van der Waals surface area contributed by atoms with Crippen molar-refractivity contribution in [3.8, 4) is 0 Å². The Labute approximate surface area is 142 Å². The quantitative estimate of drug-likeness (QED) is 0.810. The second-order valence-corrected chi connectivity index (χ2v) is 6.40. The van der Waals surface area contributed by atoms with Crippen LogP contribution in [0.5, 0.6) is 0 Å². The van der Waals surface area contributed by atoms with Crippen molar-refractivity contribution >= 4 is 17.5 Å². The molecule has 126 valence electrons. The number of hydrogen-bond donors (Lipinski definition) is 1. The van der Waals surface area contributed by atoms with Crippen LogP contribution in [0.4, 0.5) is 0 Å². The van der Waals surface area contributed by atoms with E-state index in [1.807, 2.05) is 19.9 Å². The molecule has 0 aliphatic carbocycles. The van der Waals surface area contributed by atoms with Gasteiger partial charge in [0.1, 0.15) is 0 Å². The molecule has 2 heterocycles. The van der Waals surface area contributed by atoms with E-state index in [1.165, 1.54) is 0 Å². The van der Waals surface area contributed by atoms with Gasteiger partial charge in [0, 0.05) is 44.6 Å². The third-order valence-electron chi connectivity index (χ3n) is 3.66. The number of allylic oxidation sites excluding steroid dienone is 1. The summed E-state index contributed by atoms with van der Waals surface area (Å²) in [4.78, 5) is 17.9. The van der Waals surface area contributed by atoms with E-state index in [-0.39, 0.29) is 12.0 Å². The first kappa shape index (κ1) is 17.9. The molecule has 0 bridgehead atoms. The normalized spacial score (nSPS) is 18.5. The first-order valence-corrected chi connectivity index (χ1v) is 8.27. The van der Waals surface area contributed by atoms with Gasteiger partial charge in [0.05, 0.1) is 17.7 Å². The van der Waals surface area contributed by atoms with E-state index in [0.29, 0.717) is 18.2 Å². The molecule has 1 aliphatic heterocycles. The zero-order chi connectivity index (χ0) is 16.7. The van der Waals surface area contributed by atoms with Crippen LogP contribution in [0.1, 0.15) is 25.8 Å². The Morgan fingerprint density at radius 2 is 2.39 bits per heavy atom. The molecule has 0 saturated carbocycles. The summed E-state index contributed by atoms with van der Waals surface area (Å²) in [5.74, 6) is -0.0405. The van der Waals surface area contributed by atoms with Crippen molar-refractivity contribution in [1.82, 2.24) is 15.2 Å². The molecule has 1 atom stereocenters. The molecule has 0 unspecified atom stereocenters. The summed E-state index contributed by atoms with van der Waals surface area (Å²) in [5.41, 5.74) is 2.08. The number of pyridine rings is 1. The highest BCUT2D eigenvalue weighted by Gasteiger charge is 2.21. The smallest absolute Gasteiger partial charge is 0.243 e. The van der Waals surface area contributed by atoms with Gasteiger partial charge in [-0.15, -0.1) is 0 Å². The highest BCUT2D eigenvalue weighted by molar-refractivity contribution is 6.31. The molecule has 0 radical (unpaired) electrons. The van der Waals surface area contributed by atoms with E-state index in [0.717, 1.165) is 37.2 Å². The fourth-order valence-electron chi connectivity index (χ4n) is 2.54. The molecule has 23 heavy (non-hydrogen) atoms. The van der Waals surface area contributed by atoms with Gasteiger partial charge in [-0.05, 0) is 31.9 Å². The molecule has 1 aromatic rings. The molecule has 1 aromatic heterocycles. The Balaban J connectivity index is 1.76. The van der Waals surface area contributed by atoms with Crippen molar-refractivity contribution in [2.75, 3.05) is 26.2 Å². The number of nitrogens with zero attached hydrogens (tertiary/aromatic N) is 2. The molecular formula is C17H24ClN3O2. The standard InChI is InChI=1S/C17H24ClN3O2/c1-13(2)9-17(22)20-6-4-15-12-21(7-8-23-15)11-14-3-5-19-10-16(14)18/h3,5,9-10,15H,4,6-8,11-12H2,1-2H3,(H,20,22)/t15-/m1/s1. The second-order valence-electron chi connectivity index (χ2n) is 6.00.